The summed E-state index contributed by atoms with van der Waals surface area (Å²) < 4.78 is 7.01. The standard InChI is InChI=1S/C24H34N6O5/c1-16(2)28(23(32)35-24(4,5)6)15-18-9-8-12-27(14-18)22(31)21-17(3)29(26-25-21)19-10-7-11-20(13-19)30(33)34/h7,10-11,13,16,18H,8-9,12,14-15H2,1-6H3. The molecule has 2 heterocycles. The number of nitro benzene ring substituents is 1. The average Bonchev–Trinajstić information content (AvgIpc) is 3.17. The molecular formula is C24H34N6O5. The number of hydrogen-bond donors (Lipinski definition) is 0. The molecule has 1 aliphatic heterocycles. The van der Waals surface area contributed by atoms with Crippen molar-refractivity contribution < 1.29 is 19.2 Å². The number of carbonyl (C=O) groups excluding carboxylic acids is 2. The highest BCUT2D eigenvalue weighted by molar-refractivity contribution is 5.93. The fourth-order valence-corrected chi connectivity index (χ4v) is 4.15. The summed E-state index contributed by atoms with van der Waals surface area (Å²) >= 11 is 0. The zero-order valence-electron chi connectivity index (χ0n) is 21.2. The van der Waals surface area contributed by atoms with Crippen LogP contribution in [0.2, 0.25) is 0 Å². The number of likely N-dealkylation sites (tertiary alicyclic amines) is 1. The summed E-state index contributed by atoms with van der Waals surface area (Å²) in [5.74, 6) is -0.132. The van der Waals surface area contributed by atoms with Gasteiger partial charge in [-0.05, 0) is 66.4 Å². The molecule has 1 saturated heterocycles. The number of rotatable bonds is 6. The molecule has 11 heteroatoms. The number of nitro groups is 1. The molecule has 2 amide bonds. The van der Waals surface area contributed by atoms with E-state index in [-0.39, 0.29) is 35.3 Å². The monoisotopic (exact) mass is 486 g/mol. The lowest BCUT2D eigenvalue weighted by Gasteiger charge is -2.37. The third-order valence-corrected chi connectivity index (χ3v) is 5.89. The number of amides is 2. The molecule has 2 aromatic rings. The molecule has 1 fully saturated rings. The molecule has 11 nitrogen and oxygen atoms in total. The maximum atomic E-state index is 13.3. The van der Waals surface area contributed by atoms with Gasteiger partial charge in [-0.1, -0.05) is 11.3 Å². The number of carbonyl (C=O) groups is 2. The first kappa shape index (κ1) is 26.1. The van der Waals surface area contributed by atoms with E-state index in [4.69, 9.17) is 4.74 Å². The van der Waals surface area contributed by atoms with Gasteiger partial charge in [-0.3, -0.25) is 14.9 Å². The third kappa shape index (κ3) is 6.34. The van der Waals surface area contributed by atoms with Crippen LogP contribution in [0.3, 0.4) is 0 Å². The van der Waals surface area contributed by atoms with E-state index in [2.05, 4.69) is 10.3 Å². The zero-order chi connectivity index (χ0) is 25.9. The molecule has 0 saturated carbocycles. The Morgan fingerprint density at radius 1 is 1.31 bits per heavy atom. The summed E-state index contributed by atoms with van der Waals surface area (Å²) in [5, 5.41) is 19.3. The highest BCUT2D eigenvalue weighted by atomic mass is 16.6. The Balaban J connectivity index is 1.73. The zero-order valence-corrected chi connectivity index (χ0v) is 21.2. The topological polar surface area (TPSA) is 124 Å². The minimum Gasteiger partial charge on any atom is -0.444 e. The van der Waals surface area contributed by atoms with Crippen LogP contribution in [0.4, 0.5) is 10.5 Å². The van der Waals surface area contributed by atoms with Crippen molar-refractivity contribution in [2.45, 2.75) is 66.0 Å². The van der Waals surface area contributed by atoms with Crippen LogP contribution in [0.25, 0.3) is 5.69 Å². The van der Waals surface area contributed by atoms with E-state index in [0.29, 0.717) is 31.0 Å². The van der Waals surface area contributed by atoms with Crippen LogP contribution in [0.5, 0.6) is 0 Å². The van der Waals surface area contributed by atoms with Crippen LogP contribution in [-0.4, -0.2) is 73.0 Å². The summed E-state index contributed by atoms with van der Waals surface area (Å²) in [6, 6.07) is 6.00. The summed E-state index contributed by atoms with van der Waals surface area (Å²) in [6.07, 6.45) is 1.36. The molecule has 1 aliphatic rings. The van der Waals surface area contributed by atoms with E-state index >= 15 is 0 Å². The normalized spacial score (nSPS) is 16.3. The van der Waals surface area contributed by atoms with Gasteiger partial charge in [0.05, 0.1) is 16.3 Å². The molecule has 3 rings (SSSR count). The molecule has 1 aromatic heterocycles. The fourth-order valence-electron chi connectivity index (χ4n) is 4.15. The van der Waals surface area contributed by atoms with Crippen molar-refractivity contribution in [1.29, 1.82) is 0 Å². The Morgan fingerprint density at radius 3 is 2.66 bits per heavy atom. The van der Waals surface area contributed by atoms with E-state index in [0.717, 1.165) is 12.8 Å². The molecule has 1 unspecified atom stereocenters. The van der Waals surface area contributed by atoms with Gasteiger partial charge in [0.25, 0.3) is 11.6 Å². The molecule has 0 bridgehead atoms. The van der Waals surface area contributed by atoms with Crippen molar-refractivity contribution in [2.24, 2.45) is 5.92 Å². The lowest BCUT2D eigenvalue weighted by Crippen LogP contribution is -2.48. The van der Waals surface area contributed by atoms with E-state index in [1.807, 2.05) is 34.6 Å². The minimum absolute atomic E-state index is 0.0343. The van der Waals surface area contributed by atoms with Crippen molar-refractivity contribution in [2.75, 3.05) is 19.6 Å². The van der Waals surface area contributed by atoms with Crippen molar-refractivity contribution in [3.63, 3.8) is 0 Å². The first-order valence-corrected chi connectivity index (χ1v) is 11.8. The van der Waals surface area contributed by atoms with Crippen molar-refractivity contribution in [1.82, 2.24) is 24.8 Å². The first-order valence-electron chi connectivity index (χ1n) is 11.8. The second-order valence-corrected chi connectivity index (χ2v) is 10.2. The van der Waals surface area contributed by atoms with Crippen LogP contribution in [-0.2, 0) is 4.74 Å². The lowest BCUT2D eigenvalue weighted by molar-refractivity contribution is -0.384. The molecular weight excluding hydrogens is 452 g/mol. The van der Waals surface area contributed by atoms with Crippen LogP contribution in [0.15, 0.2) is 24.3 Å². The van der Waals surface area contributed by atoms with Gasteiger partial charge in [-0.25, -0.2) is 9.48 Å². The quantitative estimate of drug-likeness (QED) is 0.447. The number of ether oxygens (including phenoxy) is 1. The summed E-state index contributed by atoms with van der Waals surface area (Å²) in [5.41, 5.74) is 0.537. The van der Waals surface area contributed by atoms with Gasteiger partial charge in [0.2, 0.25) is 0 Å². The van der Waals surface area contributed by atoms with Gasteiger partial charge in [0.1, 0.15) is 5.60 Å². The second-order valence-electron chi connectivity index (χ2n) is 10.2. The SMILES string of the molecule is Cc1c(C(=O)N2CCCC(CN(C(=O)OC(C)(C)C)C(C)C)C2)nnn1-c1cccc([N+](=O)[O-])c1. The maximum absolute atomic E-state index is 13.3. The lowest BCUT2D eigenvalue weighted by atomic mass is 9.96. The number of non-ortho nitro benzene ring substituents is 1. The molecule has 1 atom stereocenters. The number of hydrogen-bond acceptors (Lipinski definition) is 7. The maximum Gasteiger partial charge on any atom is 0.410 e. The molecule has 0 spiro atoms. The minimum atomic E-state index is -0.582. The Labute approximate surface area is 205 Å². The molecule has 190 valence electrons. The Bertz CT molecular complexity index is 1090. The number of benzene rings is 1. The predicted octanol–water partition coefficient (Wildman–Crippen LogP) is 3.98. The van der Waals surface area contributed by atoms with Crippen molar-refractivity contribution >= 4 is 17.7 Å². The highest BCUT2D eigenvalue weighted by Crippen LogP contribution is 2.23. The number of nitrogens with zero attached hydrogens (tertiary/aromatic N) is 6. The average molecular weight is 487 g/mol. The number of aromatic nitrogens is 3. The Morgan fingerprint density at radius 2 is 2.03 bits per heavy atom. The highest BCUT2D eigenvalue weighted by Gasteiger charge is 2.32. The molecule has 0 aliphatic carbocycles. The van der Waals surface area contributed by atoms with Gasteiger partial charge < -0.3 is 14.5 Å². The smallest absolute Gasteiger partial charge is 0.410 e. The van der Waals surface area contributed by atoms with E-state index in [1.165, 1.54) is 16.8 Å². The van der Waals surface area contributed by atoms with Crippen LogP contribution in [0.1, 0.15) is 63.6 Å². The predicted molar refractivity (Wildman–Crippen MR) is 129 cm³/mol. The van der Waals surface area contributed by atoms with Crippen molar-refractivity contribution in [3.8, 4) is 5.69 Å². The van der Waals surface area contributed by atoms with E-state index < -0.39 is 10.5 Å². The van der Waals surface area contributed by atoms with Gasteiger partial charge in [-0.2, -0.15) is 0 Å². The summed E-state index contributed by atoms with van der Waals surface area (Å²) in [6.45, 7) is 12.7. The number of piperidine rings is 1. The molecule has 0 radical (unpaired) electrons. The second kappa shape index (κ2) is 10.4. The van der Waals surface area contributed by atoms with E-state index in [9.17, 15) is 19.7 Å². The summed E-state index contributed by atoms with van der Waals surface area (Å²) in [4.78, 5) is 40.1. The van der Waals surface area contributed by atoms with Gasteiger partial charge >= 0.3 is 6.09 Å². The largest absolute Gasteiger partial charge is 0.444 e. The third-order valence-electron chi connectivity index (χ3n) is 5.89. The molecule has 0 N–H and O–H groups in total. The first-order chi connectivity index (χ1) is 16.4. The molecule has 35 heavy (non-hydrogen) atoms. The van der Waals surface area contributed by atoms with E-state index in [1.54, 1.807) is 28.9 Å². The Hall–Kier alpha value is -3.50. The van der Waals surface area contributed by atoms with Crippen LogP contribution >= 0.6 is 0 Å². The molecule has 1 aromatic carbocycles. The fraction of sp³-hybridized carbons (Fsp3) is 0.583. The van der Waals surface area contributed by atoms with Gasteiger partial charge in [0, 0.05) is 37.8 Å². The van der Waals surface area contributed by atoms with Crippen LogP contribution in [0, 0.1) is 23.0 Å². The Kier molecular flexibility index (Phi) is 7.76. The van der Waals surface area contributed by atoms with Gasteiger partial charge in [-0.15, -0.1) is 5.10 Å². The van der Waals surface area contributed by atoms with Crippen molar-refractivity contribution in [3.05, 3.63) is 45.8 Å². The van der Waals surface area contributed by atoms with Gasteiger partial charge in [0.15, 0.2) is 5.69 Å². The van der Waals surface area contributed by atoms with Crippen LogP contribution < -0.4 is 0 Å². The summed E-state index contributed by atoms with van der Waals surface area (Å²) in [7, 11) is 0.